The van der Waals surface area contributed by atoms with Crippen molar-refractivity contribution in [1.29, 1.82) is 0 Å². The molecule has 2 aromatic carbocycles. The van der Waals surface area contributed by atoms with E-state index in [1.165, 1.54) is 23.2 Å². The standard InChI is InChI=1S/C23H32OS2Si/c1-22(2,3)21(20-16-17-23(20,25-4)26-5)24-27(18-12-8-6-9-13-18)19-14-10-7-11-15-19/h6-15,20-21,27H,16-17H2,1-5H3. The summed E-state index contributed by atoms with van der Waals surface area (Å²) in [6.45, 7) is 7.05. The molecule has 1 nitrogen and oxygen atoms in total. The molecule has 2 aromatic rings. The van der Waals surface area contributed by atoms with Crippen molar-refractivity contribution in [2.75, 3.05) is 12.5 Å². The number of rotatable bonds is 7. The van der Waals surface area contributed by atoms with Crippen LogP contribution in [0.2, 0.25) is 0 Å². The molecule has 27 heavy (non-hydrogen) atoms. The first-order valence-corrected chi connectivity index (χ1v) is 13.8. The van der Waals surface area contributed by atoms with Gasteiger partial charge in [-0.25, -0.2) is 0 Å². The van der Waals surface area contributed by atoms with Gasteiger partial charge >= 0.3 is 0 Å². The van der Waals surface area contributed by atoms with Gasteiger partial charge in [0.05, 0.1) is 10.2 Å². The van der Waals surface area contributed by atoms with Crippen LogP contribution in [0.15, 0.2) is 60.7 Å². The van der Waals surface area contributed by atoms with E-state index in [1.54, 1.807) is 0 Å². The van der Waals surface area contributed by atoms with Crippen molar-refractivity contribution in [2.24, 2.45) is 11.3 Å². The second-order valence-electron chi connectivity index (χ2n) is 8.49. The topological polar surface area (TPSA) is 9.23 Å². The van der Waals surface area contributed by atoms with Crippen molar-refractivity contribution in [1.82, 2.24) is 0 Å². The van der Waals surface area contributed by atoms with E-state index in [4.69, 9.17) is 4.43 Å². The van der Waals surface area contributed by atoms with Crippen LogP contribution in [0.5, 0.6) is 0 Å². The van der Waals surface area contributed by atoms with E-state index in [-0.39, 0.29) is 11.5 Å². The third-order valence-corrected chi connectivity index (χ3v) is 11.7. The Balaban J connectivity index is 1.96. The highest BCUT2D eigenvalue weighted by Crippen LogP contribution is 2.58. The number of benzene rings is 2. The van der Waals surface area contributed by atoms with Gasteiger partial charge in [-0.2, -0.15) is 0 Å². The lowest BCUT2D eigenvalue weighted by Crippen LogP contribution is -2.57. The van der Waals surface area contributed by atoms with Crippen molar-refractivity contribution < 1.29 is 4.43 Å². The summed E-state index contributed by atoms with van der Waals surface area (Å²) in [7, 11) is -1.74. The lowest BCUT2D eigenvalue weighted by molar-refractivity contribution is 0.000241. The largest absolute Gasteiger partial charge is 0.407 e. The highest BCUT2D eigenvalue weighted by Gasteiger charge is 2.53. The molecule has 1 fully saturated rings. The zero-order valence-electron chi connectivity index (χ0n) is 17.1. The van der Waals surface area contributed by atoms with Crippen LogP contribution < -0.4 is 10.4 Å². The highest BCUT2D eigenvalue weighted by atomic mass is 32.2. The Morgan fingerprint density at radius 3 is 1.74 bits per heavy atom. The molecule has 0 heterocycles. The molecule has 0 saturated heterocycles. The Labute approximate surface area is 175 Å². The molecule has 4 heteroatoms. The molecule has 0 radical (unpaired) electrons. The van der Waals surface area contributed by atoms with Crippen LogP contribution in [0.1, 0.15) is 33.6 Å². The molecule has 0 amide bonds. The Hall–Kier alpha value is -0.683. The number of hydrogen-bond donors (Lipinski definition) is 0. The van der Waals surface area contributed by atoms with Crippen LogP contribution in [-0.2, 0) is 4.43 Å². The molecule has 2 atom stereocenters. The summed E-state index contributed by atoms with van der Waals surface area (Å²) < 4.78 is 7.47. The molecular weight excluding hydrogens is 384 g/mol. The maximum Gasteiger partial charge on any atom is 0.240 e. The first-order valence-electron chi connectivity index (χ1n) is 9.77. The smallest absolute Gasteiger partial charge is 0.240 e. The second kappa shape index (κ2) is 8.77. The first kappa shape index (κ1) is 21.0. The fraction of sp³-hybridized carbons (Fsp3) is 0.478. The lowest BCUT2D eigenvalue weighted by atomic mass is 9.71. The molecule has 2 unspecified atom stereocenters. The summed E-state index contributed by atoms with van der Waals surface area (Å²) in [4.78, 5) is 0. The Bertz CT molecular complexity index is 665. The quantitative estimate of drug-likeness (QED) is 0.474. The summed E-state index contributed by atoms with van der Waals surface area (Å²) in [5, 5.41) is 2.74. The minimum atomic E-state index is -1.74. The molecule has 1 aliphatic rings. The van der Waals surface area contributed by atoms with Crippen molar-refractivity contribution in [2.45, 2.75) is 43.8 Å². The highest BCUT2D eigenvalue weighted by molar-refractivity contribution is 8.17. The molecule has 0 aliphatic heterocycles. The normalized spacial score (nSPS) is 20.3. The van der Waals surface area contributed by atoms with E-state index in [1.807, 2.05) is 23.5 Å². The van der Waals surface area contributed by atoms with E-state index >= 15 is 0 Å². The third kappa shape index (κ3) is 4.50. The summed E-state index contributed by atoms with van der Waals surface area (Å²) in [5.41, 5.74) is 0.122. The van der Waals surface area contributed by atoms with Crippen LogP contribution in [0, 0.1) is 11.3 Å². The molecule has 3 rings (SSSR count). The fourth-order valence-electron chi connectivity index (χ4n) is 4.17. The summed E-state index contributed by atoms with van der Waals surface area (Å²) in [6, 6.07) is 21.8. The van der Waals surface area contributed by atoms with E-state index in [9.17, 15) is 0 Å². The number of thioether (sulfide) groups is 2. The zero-order chi connectivity index (χ0) is 19.5. The Morgan fingerprint density at radius 2 is 1.41 bits per heavy atom. The van der Waals surface area contributed by atoms with E-state index in [2.05, 4.69) is 93.9 Å². The summed E-state index contributed by atoms with van der Waals surface area (Å²) >= 11 is 4.06. The second-order valence-corrected chi connectivity index (χ2v) is 13.4. The third-order valence-electron chi connectivity index (χ3n) is 5.77. The van der Waals surface area contributed by atoms with Gasteiger partial charge in [0.15, 0.2) is 0 Å². The van der Waals surface area contributed by atoms with Crippen molar-refractivity contribution in [3.05, 3.63) is 60.7 Å². The van der Waals surface area contributed by atoms with Gasteiger partial charge in [-0.05, 0) is 41.1 Å². The molecule has 0 bridgehead atoms. The molecule has 1 saturated carbocycles. The molecule has 1 aliphatic carbocycles. The molecule has 0 spiro atoms. The van der Waals surface area contributed by atoms with Gasteiger partial charge in [0.1, 0.15) is 0 Å². The van der Waals surface area contributed by atoms with Gasteiger partial charge in [-0.3, -0.25) is 0 Å². The maximum absolute atomic E-state index is 7.16. The van der Waals surface area contributed by atoms with E-state index in [0.717, 1.165) is 0 Å². The van der Waals surface area contributed by atoms with Gasteiger partial charge in [0.25, 0.3) is 0 Å². The van der Waals surface area contributed by atoms with Gasteiger partial charge in [0.2, 0.25) is 9.04 Å². The molecular formula is C23H32OS2Si. The van der Waals surface area contributed by atoms with Crippen molar-refractivity contribution in [3.8, 4) is 0 Å². The average molecular weight is 417 g/mol. The SMILES string of the molecule is CSC1(SC)CCC1C(O[SiH](c1ccccc1)c1ccccc1)C(C)(C)C. The predicted octanol–water partition coefficient (Wildman–Crippen LogP) is 4.79. The van der Waals surface area contributed by atoms with Crippen LogP contribution in [0.25, 0.3) is 0 Å². The monoisotopic (exact) mass is 416 g/mol. The molecule has 0 N–H and O–H groups in total. The van der Waals surface area contributed by atoms with Crippen LogP contribution in [-0.4, -0.2) is 31.7 Å². The lowest BCUT2D eigenvalue weighted by Gasteiger charge is -2.54. The minimum Gasteiger partial charge on any atom is -0.407 e. The van der Waals surface area contributed by atoms with Crippen LogP contribution in [0.4, 0.5) is 0 Å². The summed E-state index contributed by atoms with van der Waals surface area (Å²) in [6.07, 6.45) is 7.37. The van der Waals surface area contributed by atoms with Crippen LogP contribution >= 0.6 is 23.5 Å². The van der Waals surface area contributed by atoms with Gasteiger partial charge in [-0.15, -0.1) is 23.5 Å². The van der Waals surface area contributed by atoms with Gasteiger partial charge < -0.3 is 4.43 Å². The summed E-state index contributed by atoms with van der Waals surface area (Å²) in [5.74, 6) is 0.602. The zero-order valence-corrected chi connectivity index (χ0v) is 19.9. The molecule has 0 aromatic heterocycles. The van der Waals surface area contributed by atoms with E-state index < -0.39 is 9.04 Å². The minimum absolute atomic E-state index is 0.122. The van der Waals surface area contributed by atoms with Crippen molar-refractivity contribution in [3.63, 3.8) is 0 Å². The number of hydrogen-bond acceptors (Lipinski definition) is 3. The van der Waals surface area contributed by atoms with Gasteiger partial charge in [0, 0.05) is 5.92 Å². The fourth-order valence-corrected chi connectivity index (χ4v) is 9.31. The van der Waals surface area contributed by atoms with E-state index in [0.29, 0.717) is 10.00 Å². The van der Waals surface area contributed by atoms with Crippen LogP contribution in [0.3, 0.4) is 0 Å². The Morgan fingerprint density at radius 1 is 0.926 bits per heavy atom. The van der Waals surface area contributed by atoms with Crippen molar-refractivity contribution >= 4 is 42.9 Å². The maximum atomic E-state index is 7.16. The average Bonchev–Trinajstić information content (AvgIpc) is 2.66. The first-order chi connectivity index (χ1) is 12.9. The Kier molecular flexibility index (Phi) is 6.83. The predicted molar refractivity (Wildman–Crippen MR) is 126 cm³/mol. The molecule has 146 valence electrons. The van der Waals surface area contributed by atoms with Gasteiger partial charge in [-0.1, -0.05) is 81.4 Å².